The van der Waals surface area contributed by atoms with Gasteiger partial charge in [-0.15, -0.1) is 0 Å². The lowest BCUT2D eigenvalue weighted by Gasteiger charge is -2.13. The van der Waals surface area contributed by atoms with E-state index in [2.05, 4.69) is 21.5 Å². The number of fused-ring (bicyclic) bond motifs is 1. The maximum atomic E-state index is 12.3. The predicted molar refractivity (Wildman–Crippen MR) is 85.3 cm³/mol. The number of amides is 1. The number of hydrogen-bond donors (Lipinski definition) is 1. The first-order chi connectivity index (χ1) is 10.5. The average molecular weight is 339 g/mol. The standard InChI is InChI=1S/C15H16Cl2N4O/c1-9(13-6-10-4-2-3-5-21(10)20-13)19-15(22)11-7-14(17)18-8-12(11)16/h6-9H,2-5H2,1H3,(H,19,22). The number of halogens is 2. The third-order valence-electron chi connectivity index (χ3n) is 3.79. The number of rotatable bonds is 3. The van der Waals surface area contributed by atoms with Crippen LogP contribution in [0.5, 0.6) is 0 Å². The summed E-state index contributed by atoms with van der Waals surface area (Å²) in [5.74, 6) is -0.284. The van der Waals surface area contributed by atoms with Crippen LogP contribution in [-0.4, -0.2) is 20.7 Å². The molecular formula is C15H16Cl2N4O. The van der Waals surface area contributed by atoms with Crippen LogP contribution in [0.15, 0.2) is 18.3 Å². The van der Waals surface area contributed by atoms with Crippen LogP contribution in [0.25, 0.3) is 0 Å². The molecule has 7 heteroatoms. The molecule has 116 valence electrons. The highest BCUT2D eigenvalue weighted by Gasteiger charge is 2.19. The zero-order valence-electron chi connectivity index (χ0n) is 12.1. The predicted octanol–water partition coefficient (Wildman–Crippen LogP) is 3.41. The van der Waals surface area contributed by atoms with Gasteiger partial charge in [0.2, 0.25) is 0 Å². The van der Waals surface area contributed by atoms with Gasteiger partial charge in [0.15, 0.2) is 0 Å². The van der Waals surface area contributed by atoms with E-state index in [1.165, 1.54) is 24.4 Å². The second kappa shape index (κ2) is 6.26. The Hall–Kier alpha value is -1.59. The highest BCUT2D eigenvalue weighted by atomic mass is 35.5. The summed E-state index contributed by atoms with van der Waals surface area (Å²) in [6, 6.07) is 3.32. The first-order valence-corrected chi connectivity index (χ1v) is 7.98. The molecule has 22 heavy (non-hydrogen) atoms. The molecule has 0 saturated heterocycles. The lowest BCUT2D eigenvalue weighted by atomic mass is 10.1. The van der Waals surface area contributed by atoms with Crippen LogP contribution in [-0.2, 0) is 13.0 Å². The van der Waals surface area contributed by atoms with Gasteiger partial charge in [0.05, 0.1) is 22.3 Å². The van der Waals surface area contributed by atoms with Gasteiger partial charge >= 0.3 is 0 Å². The Labute approximate surface area is 138 Å². The van der Waals surface area contributed by atoms with Gasteiger partial charge in [-0.2, -0.15) is 5.10 Å². The molecule has 1 aliphatic rings. The minimum atomic E-state index is -0.284. The van der Waals surface area contributed by atoms with Crippen molar-refractivity contribution in [2.24, 2.45) is 0 Å². The number of nitrogens with zero attached hydrogens (tertiary/aromatic N) is 3. The molecule has 1 amide bonds. The molecule has 0 spiro atoms. The van der Waals surface area contributed by atoms with Gasteiger partial charge in [-0.1, -0.05) is 23.2 Å². The minimum Gasteiger partial charge on any atom is -0.344 e. The molecule has 0 saturated carbocycles. The number of carbonyl (C=O) groups excluding carboxylic acids is 1. The monoisotopic (exact) mass is 338 g/mol. The lowest BCUT2D eigenvalue weighted by Crippen LogP contribution is -2.27. The summed E-state index contributed by atoms with van der Waals surface area (Å²) in [5, 5.41) is 7.98. The molecule has 0 fully saturated rings. The van der Waals surface area contributed by atoms with Crippen molar-refractivity contribution in [1.29, 1.82) is 0 Å². The normalized spacial score (nSPS) is 15.2. The molecule has 2 aromatic heterocycles. The van der Waals surface area contributed by atoms with Crippen molar-refractivity contribution in [3.05, 3.63) is 45.5 Å². The Balaban J connectivity index is 1.76. The van der Waals surface area contributed by atoms with E-state index in [0.717, 1.165) is 25.1 Å². The zero-order chi connectivity index (χ0) is 15.7. The first kappa shape index (κ1) is 15.3. The summed E-state index contributed by atoms with van der Waals surface area (Å²) < 4.78 is 2.03. The van der Waals surface area contributed by atoms with Gasteiger partial charge in [0.1, 0.15) is 5.15 Å². The van der Waals surface area contributed by atoms with Crippen LogP contribution in [0.3, 0.4) is 0 Å². The molecular weight excluding hydrogens is 323 g/mol. The van der Waals surface area contributed by atoms with E-state index in [9.17, 15) is 4.79 Å². The fraction of sp³-hybridized carbons (Fsp3) is 0.400. The Morgan fingerprint density at radius 2 is 2.18 bits per heavy atom. The molecule has 1 aliphatic heterocycles. The van der Waals surface area contributed by atoms with Crippen molar-refractivity contribution in [2.75, 3.05) is 0 Å². The van der Waals surface area contributed by atoms with E-state index in [4.69, 9.17) is 23.2 Å². The van der Waals surface area contributed by atoms with Crippen LogP contribution < -0.4 is 5.32 Å². The SMILES string of the molecule is CC(NC(=O)c1cc(Cl)ncc1Cl)c1cc2n(n1)CCCC2. The number of pyridine rings is 1. The Morgan fingerprint density at radius 1 is 1.36 bits per heavy atom. The largest absolute Gasteiger partial charge is 0.344 e. The zero-order valence-corrected chi connectivity index (χ0v) is 13.7. The van der Waals surface area contributed by atoms with Crippen LogP contribution in [0.1, 0.15) is 47.6 Å². The highest BCUT2D eigenvalue weighted by Crippen LogP contribution is 2.21. The third-order valence-corrected chi connectivity index (χ3v) is 4.30. The Kier molecular flexibility index (Phi) is 4.36. The molecule has 1 N–H and O–H groups in total. The van der Waals surface area contributed by atoms with E-state index < -0.39 is 0 Å². The average Bonchev–Trinajstić information content (AvgIpc) is 2.93. The van der Waals surface area contributed by atoms with E-state index in [1.807, 2.05) is 11.6 Å². The van der Waals surface area contributed by atoms with Crippen LogP contribution in [0.4, 0.5) is 0 Å². The van der Waals surface area contributed by atoms with Crippen molar-refractivity contribution in [3.63, 3.8) is 0 Å². The van der Waals surface area contributed by atoms with Gasteiger partial charge in [-0.3, -0.25) is 9.48 Å². The smallest absolute Gasteiger partial charge is 0.253 e. The van der Waals surface area contributed by atoms with Crippen LogP contribution >= 0.6 is 23.2 Å². The molecule has 0 aliphatic carbocycles. The molecule has 3 rings (SSSR count). The summed E-state index contributed by atoms with van der Waals surface area (Å²) in [7, 11) is 0. The summed E-state index contributed by atoms with van der Waals surface area (Å²) >= 11 is 11.8. The van der Waals surface area contributed by atoms with Crippen molar-refractivity contribution in [1.82, 2.24) is 20.1 Å². The van der Waals surface area contributed by atoms with Crippen molar-refractivity contribution in [2.45, 2.75) is 38.8 Å². The second-order valence-corrected chi connectivity index (χ2v) is 6.22. The first-order valence-electron chi connectivity index (χ1n) is 7.23. The maximum absolute atomic E-state index is 12.3. The summed E-state index contributed by atoms with van der Waals surface area (Å²) in [6.45, 7) is 2.85. The number of aryl methyl sites for hydroxylation is 2. The van der Waals surface area contributed by atoms with Crippen molar-refractivity contribution >= 4 is 29.1 Å². The van der Waals surface area contributed by atoms with E-state index >= 15 is 0 Å². The van der Waals surface area contributed by atoms with Crippen molar-refractivity contribution < 1.29 is 4.79 Å². The van der Waals surface area contributed by atoms with Gasteiger partial charge in [-0.05, 0) is 38.3 Å². The fourth-order valence-electron chi connectivity index (χ4n) is 2.59. The van der Waals surface area contributed by atoms with Gasteiger partial charge < -0.3 is 5.32 Å². The number of aromatic nitrogens is 3. The van der Waals surface area contributed by atoms with Crippen LogP contribution in [0, 0.1) is 0 Å². The molecule has 0 aromatic carbocycles. The topological polar surface area (TPSA) is 59.8 Å². The maximum Gasteiger partial charge on any atom is 0.253 e. The Bertz CT molecular complexity index is 690. The number of hydrogen-bond acceptors (Lipinski definition) is 3. The Morgan fingerprint density at radius 3 is 2.95 bits per heavy atom. The molecule has 0 bridgehead atoms. The molecule has 0 radical (unpaired) electrons. The van der Waals surface area contributed by atoms with E-state index in [0.29, 0.717) is 5.56 Å². The summed E-state index contributed by atoms with van der Waals surface area (Å²) in [5.41, 5.74) is 2.41. The second-order valence-electron chi connectivity index (χ2n) is 5.42. The van der Waals surface area contributed by atoms with Gasteiger partial charge in [0, 0.05) is 18.4 Å². The summed E-state index contributed by atoms with van der Waals surface area (Å²) in [6.07, 6.45) is 4.76. The molecule has 5 nitrogen and oxygen atoms in total. The van der Waals surface area contributed by atoms with Crippen LogP contribution in [0.2, 0.25) is 10.2 Å². The fourth-order valence-corrected chi connectivity index (χ4v) is 2.93. The minimum absolute atomic E-state index is 0.200. The summed E-state index contributed by atoms with van der Waals surface area (Å²) in [4.78, 5) is 16.2. The third kappa shape index (κ3) is 3.10. The quantitative estimate of drug-likeness (QED) is 0.872. The molecule has 1 atom stereocenters. The number of nitrogens with one attached hydrogen (secondary N) is 1. The highest BCUT2D eigenvalue weighted by molar-refractivity contribution is 6.35. The number of carbonyl (C=O) groups is 1. The van der Waals surface area contributed by atoms with Gasteiger partial charge in [0.25, 0.3) is 5.91 Å². The van der Waals surface area contributed by atoms with E-state index in [1.54, 1.807) is 0 Å². The van der Waals surface area contributed by atoms with Gasteiger partial charge in [-0.25, -0.2) is 4.98 Å². The molecule has 1 unspecified atom stereocenters. The van der Waals surface area contributed by atoms with E-state index in [-0.39, 0.29) is 22.1 Å². The molecule has 2 aromatic rings. The molecule has 3 heterocycles. The van der Waals surface area contributed by atoms with Crippen molar-refractivity contribution in [3.8, 4) is 0 Å². The lowest BCUT2D eigenvalue weighted by molar-refractivity contribution is 0.0939.